The molecule has 0 fully saturated rings. The molecule has 8 heteroatoms. The molecule has 0 saturated carbocycles. The Balaban J connectivity index is 4.42. The zero-order valence-electron chi connectivity index (χ0n) is 26.3. The number of esters is 2. The van der Waals surface area contributed by atoms with Crippen molar-refractivity contribution in [2.45, 2.75) is 168 Å². The van der Waals surface area contributed by atoms with Gasteiger partial charge in [-0.15, -0.1) is 0 Å². The highest BCUT2D eigenvalue weighted by Gasteiger charge is 2.36. The highest BCUT2D eigenvalue weighted by molar-refractivity contribution is 7.87. The van der Waals surface area contributed by atoms with Crippen LogP contribution in [0, 0.1) is 11.8 Å². The minimum absolute atomic E-state index is 0.0867. The van der Waals surface area contributed by atoms with Crippen LogP contribution in [0.4, 0.5) is 0 Å². The van der Waals surface area contributed by atoms with Crippen LogP contribution in [0.25, 0.3) is 0 Å². The van der Waals surface area contributed by atoms with E-state index in [0.717, 1.165) is 51.4 Å². The lowest BCUT2D eigenvalue weighted by atomic mass is 9.98. The quantitative estimate of drug-likeness (QED) is 0.0551. The van der Waals surface area contributed by atoms with Gasteiger partial charge in [0.2, 0.25) is 0 Å². The molecule has 0 bridgehead atoms. The molecule has 0 aliphatic heterocycles. The summed E-state index contributed by atoms with van der Waals surface area (Å²) in [6.07, 6.45) is 22.4. The second-order valence-electron chi connectivity index (χ2n) is 11.6. The predicted octanol–water partition coefficient (Wildman–Crippen LogP) is 8.83. The second-order valence-corrected chi connectivity index (χ2v) is 13.2. The Morgan fingerprint density at radius 2 is 0.975 bits per heavy atom. The normalized spacial score (nSPS) is 14.0. The summed E-state index contributed by atoms with van der Waals surface area (Å²) in [6.45, 7) is 8.76. The lowest BCUT2D eigenvalue weighted by Gasteiger charge is -2.18. The zero-order valence-corrected chi connectivity index (χ0v) is 27.1. The van der Waals surface area contributed by atoms with Gasteiger partial charge < -0.3 is 9.47 Å². The smallest absolute Gasteiger partial charge is 0.327 e. The summed E-state index contributed by atoms with van der Waals surface area (Å²) in [6, 6.07) is 0. The molecule has 7 nitrogen and oxygen atoms in total. The molecular formula is C32H62O7S. The molecule has 0 saturated heterocycles. The predicted molar refractivity (Wildman–Crippen MR) is 164 cm³/mol. The molecule has 0 radical (unpaired) electrons. The van der Waals surface area contributed by atoms with E-state index in [-0.39, 0.29) is 25.0 Å². The van der Waals surface area contributed by atoms with Gasteiger partial charge >= 0.3 is 11.9 Å². The van der Waals surface area contributed by atoms with Gasteiger partial charge in [0.15, 0.2) is 5.25 Å². The molecule has 0 aliphatic carbocycles. The van der Waals surface area contributed by atoms with Gasteiger partial charge in [-0.3, -0.25) is 14.1 Å². The van der Waals surface area contributed by atoms with Crippen LogP contribution in [0.15, 0.2) is 0 Å². The van der Waals surface area contributed by atoms with Crippen LogP contribution in [0.2, 0.25) is 0 Å². The zero-order chi connectivity index (χ0) is 30.1. The summed E-state index contributed by atoms with van der Waals surface area (Å²) in [7, 11) is -4.80. The third-order valence-electron chi connectivity index (χ3n) is 8.00. The molecular weight excluding hydrogens is 528 g/mol. The summed E-state index contributed by atoms with van der Waals surface area (Å²) in [5.41, 5.74) is 0. The lowest BCUT2D eigenvalue weighted by molar-refractivity contribution is -0.151. The topological polar surface area (TPSA) is 107 Å². The highest BCUT2D eigenvalue weighted by atomic mass is 32.2. The summed E-state index contributed by atoms with van der Waals surface area (Å²) in [4.78, 5) is 25.0. The number of hydrogen-bond acceptors (Lipinski definition) is 6. The minimum Gasteiger partial charge on any atom is -0.465 e. The highest BCUT2D eigenvalue weighted by Crippen LogP contribution is 2.19. The van der Waals surface area contributed by atoms with E-state index in [0.29, 0.717) is 0 Å². The van der Waals surface area contributed by atoms with Crippen LogP contribution in [0.1, 0.15) is 163 Å². The van der Waals surface area contributed by atoms with Crippen molar-refractivity contribution >= 4 is 22.1 Å². The number of unbranched alkanes of at least 4 members (excludes halogenated alkanes) is 14. The Morgan fingerprint density at radius 3 is 1.35 bits per heavy atom. The maximum atomic E-state index is 12.6. The number of carbonyl (C=O) groups is 2. The van der Waals surface area contributed by atoms with Crippen molar-refractivity contribution in [1.29, 1.82) is 0 Å². The fraction of sp³-hybridized carbons (Fsp3) is 0.938. The Hall–Kier alpha value is -1.15. The number of ether oxygens (including phenoxy) is 2. The third kappa shape index (κ3) is 21.6. The second kappa shape index (κ2) is 25.6. The van der Waals surface area contributed by atoms with Crippen LogP contribution >= 0.6 is 0 Å². The van der Waals surface area contributed by atoms with Crippen molar-refractivity contribution in [3.8, 4) is 0 Å². The van der Waals surface area contributed by atoms with Gasteiger partial charge in [0.05, 0.1) is 19.6 Å². The van der Waals surface area contributed by atoms with Crippen LogP contribution in [0.5, 0.6) is 0 Å². The molecule has 0 aromatic rings. The van der Waals surface area contributed by atoms with Crippen molar-refractivity contribution in [2.24, 2.45) is 11.8 Å². The maximum Gasteiger partial charge on any atom is 0.327 e. The van der Waals surface area contributed by atoms with Crippen LogP contribution in [-0.4, -0.2) is 43.4 Å². The van der Waals surface area contributed by atoms with Gasteiger partial charge in [-0.05, 0) is 24.7 Å². The Kier molecular flexibility index (Phi) is 24.8. The molecule has 0 heterocycles. The largest absolute Gasteiger partial charge is 0.465 e. The van der Waals surface area contributed by atoms with Crippen molar-refractivity contribution in [3.05, 3.63) is 0 Å². The lowest BCUT2D eigenvalue weighted by Crippen LogP contribution is -2.35. The van der Waals surface area contributed by atoms with E-state index >= 15 is 0 Å². The number of hydrogen-bond donors (Lipinski definition) is 1. The first-order valence-corrected chi connectivity index (χ1v) is 18.0. The first-order chi connectivity index (χ1) is 19.2. The molecule has 238 valence electrons. The van der Waals surface area contributed by atoms with E-state index < -0.39 is 33.7 Å². The standard InChI is InChI=1S/C32H62O7S/c1-5-9-11-13-15-17-19-21-23-28(7-3)26-38-31(33)25-30(40(35,36)37)32(34)39-27-29(8-4)24-22-20-18-16-14-12-10-6-2/h28-30H,5-27H2,1-4H3,(H,35,36,37). The maximum absolute atomic E-state index is 12.6. The van der Waals surface area contributed by atoms with Crippen LogP contribution < -0.4 is 0 Å². The molecule has 0 spiro atoms. The molecule has 3 unspecified atom stereocenters. The fourth-order valence-corrected chi connectivity index (χ4v) is 5.63. The number of carbonyl (C=O) groups excluding carboxylic acids is 2. The van der Waals surface area contributed by atoms with E-state index in [4.69, 9.17) is 9.47 Å². The summed E-state index contributed by atoms with van der Waals surface area (Å²) in [5, 5.41) is -1.95. The van der Waals surface area contributed by atoms with Gasteiger partial charge in [-0.25, -0.2) is 0 Å². The van der Waals surface area contributed by atoms with E-state index in [2.05, 4.69) is 13.8 Å². The SMILES string of the molecule is CCCCCCCCCCC(CC)COC(=O)CC(C(=O)OCC(CC)CCCCCCCCCC)S(=O)(=O)O. The summed E-state index contributed by atoms with van der Waals surface area (Å²) in [5.74, 6) is -1.57. The van der Waals surface area contributed by atoms with Crippen LogP contribution in [-0.2, 0) is 29.2 Å². The molecule has 1 N–H and O–H groups in total. The Bertz CT molecular complexity index is 723. The first-order valence-electron chi connectivity index (χ1n) is 16.5. The molecule has 0 aromatic carbocycles. The number of rotatable bonds is 28. The van der Waals surface area contributed by atoms with Gasteiger partial charge in [0.25, 0.3) is 10.1 Å². The average molecular weight is 591 g/mol. The van der Waals surface area contributed by atoms with Crippen LogP contribution in [0.3, 0.4) is 0 Å². The molecule has 0 amide bonds. The molecule has 0 rings (SSSR count). The van der Waals surface area contributed by atoms with E-state index in [1.54, 1.807) is 0 Å². The molecule has 40 heavy (non-hydrogen) atoms. The summed E-state index contributed by atoms with van der Waals surface area (Å²) >= 11 is 0. The van der Waals surface area contributed by atoms with E-state index in [9.17, 15) is 22.6 Å². The Morgan fingerprint density at radius 1 is 0.600 bits per heavy atom. The average Bonchev–Trinajstić information content (AvgIpc) is 2.92. The van der Waals surface area contributed by atoms with Gasteiger partial charge in [0, 0.05) is 0 Å². The van der Waals surface area contributed by atoms with Gasteiger partial charge in [-0.2, -0.15) is 8.42 Å². The molecule has 3 atom stereocenters. The first kappa shape index (κ1) is 38.9. The van der Waals surface area contributed by atoms with Crippen molar-refractivity contribution in [3.63, 3.8) is 0 Å². The van der Waals surface area contributed by atoms with E-state index in [1.165, 1.54) is 77.0 Å². The third-order valence-corrected chi connectivity index (χ3v) is 9.08. The van der Waals surface area contributed by atoms with Crippen molar-refractivity contribution in [1.82, 2.24) is 0 Å². The molecule has 0 aliphatic rings. The van der Waals surface area contributed by atoms with Crippen molar-refractivity contribution in [2.75, 3.05) is 13.2 Å². The Labute approximate surface area is 246 Å². The van der Waals surface area contributed by atoms with Crippen molar-refractivity contribution < 1.29 is 32.0 Å². The minimum atomic E-state index is -4.80. The molecule has 0 aromatic heterocycles. The monoisotopic (exact) mass is 590 g/mol. The van der Waals surface area contributed by atoms with E-state index in [1.807, 2.05) is 13.8 Å². The van der Waals surface area contributed by atoms with Gasteiger partial charge in [0.1, 0.15) is 0 Å². The fourth-order valence-electron chi connectivity index (χ4n) is 4.97. The van der Waals surface area contributed by atoms with Gasteiger partial charge in [-0.1, -0.05) is 143 Å². The summed E-state index contributed by atoms with van der Waals surface area (Å²) < 4.78 is 44.0.